The van der Waals surface area contributed by atoms with Crippen LogP contribution >= 0.6 is 11.3 Å². The number of unbranched alkanes of at least 4 members (excludes halogenated alkanes) is 3. The fraction of sp³-hybridized carbons (Fsp3) is 0.700. The Balaban J connectivity index is 1.56. The molecule has 1 saturated heterocycles. The monoisotopic (exact) mass is 395 g/mol. The molecule has 2 heterocycles. The van der Waals surface area contributed by atoms with Crippen molar-refractivity contribution in [3.05, 3.63) is 22.4 Å². The van der Waals surface area contributed by atoms with Crippen molar-refractivity contribution in [2.75, 3.05) is 32.8 Å². The van der Waals surface area contributed by atoms with Crippen molar-refractivity contribution in [2.45, 2.75) is 57.9 Å². The lowest BCUT2D eigenvalue weighted by Gasteiger charge is -2.26. The van der Waals surface area contributed by atoms with Gasteiger partial charge >= 0.3 is 12.0 Å². The summed E-state index contributed by atoms with van der Waals surface area (Å²) in [6.07, 6.45) is 6.74. The minimum Gasteiger partial charge on any atom is -0.466 e. The second-order valence-electron chi connectivity index (χ2n) is 6.88. The van der Waals surface area contributed by atoms with Gasteiger partial charge in [-0.05, 0) is 57.1 Å². The van der Waals surface area contributed by atoms with Crippen LogP contribution in [0.4, 0.5) is 4.79 Å². The number of likely N-dealkylation sites (tertiary alicyclic amines) is 1. The van der Waals surface area contributed by atoms with Crippen LogP contribution in [0.2, 0.25) is 0 Å². The Morgan fingerprint density at radius 3 is 2.67 bits per heavy atom. The van der Waals surface area contributed by atoms with E-state index in [4.69, 9.17) is 4.74 Å². The lowest BCUT2D eigenvalue weighted by molar-refractivity contribution is -0.143. The highest BCUT2D eigenvalue weighted by atomic mass is 32.1. The van der Waals surface area contributed by atoms with Gasteiger partial charge in [0.25, 0.3) is 0 Å². The van der Waals surface area contributed by atoms with Gasteiger partial charge in [0.05, 0.1) is 12.6 Å². The fourth-order valence-corrected chi connectivity index (χ4v) is 4.24. The molecule has 0 bridgehead atoms. The van der Waals surface area contributed by atoms with Gasteiger partial charge < -0.3 is 15.4 Å². The Morgan fingerprint density at radius 1 is 1.19 bits per heavy atom. The van der Waals surface area contributed by atoms with Crippen LogP contribution in [-0.4, -0.2) is 49.7 Å². The van der Waals surface area contributed by atoms with Gasteiger partial charge in [-0.25, -0.2) is 4.79 Å². The first-order valence-electron chi connectivity index (χ1n) is 10.2. The molecule has 0 spiro atoms. The number of carbonyl (C=O) groups excluding carboxylic acids is 2. The van der Waals surface area contributed by atoms with Crippen LogP contribution in [-0.2, 0) is 9.53 Å². The minimum absolute atomic E-state index is 0.0951. The molecule has 1 atom stereocenters. The molecule has 1 aromatic heterocycles. The molecule has 1 unspecified atom stereocenters. The van der Waals surface area contributed by atoms with E-state index in [9.17, 15) is 9.59 Å². The van der Waals surface area contributed by atoms with E-state index in [1.165, 1.54) is 17.7 Å². The smallest absolute Gasteiger partial charge is 0.314 e. The summed E-state index contributed by atoms with van der Waals surface area (Å²) in [6.45, 7) is 5.80. The minimum atomic E-state index is -0.117. The Kier molecular flexibility index (Phi) is 10.2. The summed E-state index contributed by atoms with van der Waals surface area (Å²) in [5, 5.41) is 8.07. The first-order valence-corrected chi connectivity index (χ1v) is 11.0. The maximum Gasteiger partial charge on any atom is 0.314 e. The number of amides is 2. The van der Waals surface area contributed by atoms with Crippen LogP contribution in [0, 0.1) is 0 Å². The molecule has 6 nitrogen and oxygen atoms in total. The van der Waals surface area contributed by atoms with E-state index >= 15 is 0 Å². The zero-order valence-electron chi connectivity index (χ0n) is 16.4. The standard InChI is InChI=1S/C20H33N3O3S/c1-2-26-19(24)11-5-3-4-6-12-21-20(25)22-16-17(18-10-9-15-27-18)23-13-7-8-14-23/h9-10,15,17H,2-8,11-14,16H2,1H3,(H2,21,22,25). The number of nitrogens with one attached hydrogen (secondary N) is 2. The molecule has 7 heteroatoms. The van der Waals surface area contributed by atoms with E-state index < -0.39 is 0 Å². The second kappa shape index (κ2) is 12.7. The summed E-state index contributed by atoms with van der Waals surface area (Å²) < 4.78 is 4.90. The van der Waals surface area contributed by atoms with E-state index in [0.717, 1.165) is 38.8 Å². The molecule has 27 heavy (non-hydrogen) atoms. The lowest BCUT2D eigenvalue weighted by atomic mass is 10.1. The number of ether oxygens (including phenoxy) is 1. The quantitative estimate of drug-likeness (QED) is 0.418. The molecule has 2 N–H and O–H groups in total. The molecule has 2 amide bonds. The van der Waals surface area contributed by atoms with Crippen molar-refractivity contribution in [1.82, 2.24) is 15.5 Å². The summed E-state index contributed by atoms with van der Waals surface area (Å²) in [5.41, 5.74) is 0. The number of esters is 1. The molecular weight excluding hydrogens is 362 g/mol. The van der Waals surface area contributed by atoms with E-state index in [1.54, 1.807) is 11.3 Å². The molecule has 0 aliphatic carbocycles. The third kappa shape index (κ3) is 8.30. The van der Waals surface area contributed by atoms with Crippen molar-refractivity contribution in [2.24, 2.45) is 0 Å². The zero-order chi connectivity index (χ0) is 19.3. The van der Waals surface area contributed by atoms with Gasteiger partial charge in [-0.15, -0.1) is 11.3 Å². The van der Waals surface area contributed by atoms with Crippen LogP contribution in [0.25, 0.3) is 0 Å². The van der Waals surface area contributed by atoms with Crippen molar-refractivity contribution >= 4 is 23.3 Å². The van der Waals surface area contributed by atoms with Gasteiger partial charge in [0.15, 0.2) is 0 Å². The zero-order valence-corrected chi connectivity index (χ0v) is 17.2. The van der Waals surface area contributed by atoms with E-state index in [1.807, 2.05) is 6.92 Å². The highest BCUT2D eigenvalue weighted by Crippen LogP contribution is 2.27. The van der Waals surface area contributed by atoms with Crippen LogP contribution in [0.5, 0.6) is 0 Å². The highest BCUT2D eigenvalue weighted by molar-refractivity contribution is 7.10. The van der Waals surface area contributed by atoms with Crippen molar-refractivity contribution in [3.63, 3.8) is 0 Å². The predicted octanol–water partition coefficient (Wildman–Crippen LogP) is 3.70. The van der Waals surface area contributed by atoms with Crippen LogP contribution < -0.4 is 10.6 Å². The summed E-state index contributed by atoms with van der Waals surface area (Å²) in [6, 6.07) is 4.41. The Labute approximate surface area is 166 Å². The first kappa shape index (κ1) is 21.7. The van der Waals surface area contributed by atoms with Crippen molar-refractivity contribution in [3.8, 4) is 0 Å². The van der Waals surface area contributed by atoms with Crippen LogP contribution in [0.1, 0.15) is 62.8 Å². The average molecular weight is 396 g/mol. The molecular formula is C20H33N3O3S. The average Bonchev–Trinajstić information content (AvgIpc) is 3.36. The van der Waals surface area contributed by atoms with Gasteiger partial charge in [0.2, 0.25) is 0 Å². The first-order chi connectivity index (χ1) is 13.2. The van der Waals surface area contributed by atoms with Gasteiger partial charge in [0.1, 0.15) is 0 Å². The van der Waals surface area contributed by atoms with Gasteiger partial charge in [0, 0.05) is 24.4 Å². The third-order valence-electron chi connectivity index (χ3n) is 4.81. The number of carbonyl (C=O) groups is 2. The Hall–Kier alpha value is -1.60. The second-order valence-corrected chi connectivity index (χ2v) is 7.86. The summed E-state index contributed by atoms with van der Waals surface area (Å²) >= 11 is 1.76. The van der Waals surface area contributed by atoms with Gasteiger partial charge in [-0.2, -0.15) is 0 Å². The molecule has 0 aromatic carbocycles. The molecule has 0 radical (unpaired) electrons. The number of hydrogen-bond donors (Lipinski definition) is 2. The molecule has 1 aliphatic rings. The maximum absolute atomic E-state index is 12.1. The summed E-state index contributed by atoms with van der Waals surface area (Å²) in [4.78, 5) is 27.1. The Bertz CT molecular complexity index is 545. The van der Waals surface area contributed by atoms with E-state index in [0.29, 0.717) is 26.1 Å². The normalized spacial score (nSPS) is 15.4. The SMILES string of the molecule is CCOC(=O)CCCCCCNC(=O)NCC(c1cccs1)N1CCCC1. The molecule has 2 rings (SSSR count). The molecule has 152 valence electrons. The Morgan fingerprint density at radius 2 is 1.96 bits per heavy atom. The molecule has 1 aromatic rings. The lowest BCUT2D eigenvalue weighted by Crippen LogP contribution is -2.41. The largest absolute Gasteiger partial charge is 0.466 e. The number of hydrogen-bond acceptors (Lipinski definition) is 5. The van der Waals surface area contributed by atoms with Crippen molar-refractivity contribution < 1.29 is 14.3 Å². The highest BCUT2D eigenvalue weighted by Gasteiger charge is 2.24. The van der Waals surface area contributed by atoms with Crippen molar-refractivity contribution in [1.29, 1.82) is 0 Å². The molecule has 1 fully saturated rings. The molecule has 1 aliphatic heterocycles. The number of rotatable bonds is 12. The number of thiophene rings is 1. The van der Waals surface area contributed by atoms with E-state index in [2.05, 4.69) is 33.0 Å². The van der Waals surface area contributed by atoms with Gasteiger partial charge in [-0.1, -0.05) is 18.9 Å². The third-order valence-corrected chi connectivity index (χ3v) is 5.78. The number of nitrogens with zero attached hydrogens (tertiary/aromatic N) is 1. The molecule has 0 saturated carbocycles. The van der Waals surface area contributed by atoms with E-state index in [-0.39, 0.29) is 18.0 Å². The fourth-order valence-electron chi connectivity index (χ4n) is 3.38. The summed E-state index contributed by atoms with van der Waals surface area (Å²) in [5.74, 6) is -0.117. The predicted molar refractivity (Wildman–Crippen MR) is 109 cm³/mol. The summed E-state index contributed by atoms with van der Waals surface area (Å²) in [7, 11) is 0. The maximum atomic E-state index is 12.1. The van der Waals surface area contributed by atoms with Crippen LogP contribution in [0.15, 0.2) is 17.5 Å². The van der Waals surface area contributed by atoms with Crippen LogP contribution in [0.3, 0.4) is 0 Å². The topological polar surface area (TPSA) is 70.7 Å². The number of urea groups is 1. The van der Waals surface area contributed by atoms with Gasteiger partial charge in [-0.3, -0.25) is 9.69 Å².